The van der Waals surface area contributed by atoms with E-state index in [1.54, 1.807) is 6.08 Å². The molecule has 0 amide bonds. The van der Waals surface area contributed by atoms with Crippen LogP contribution >= 0.6 is 0 Å². The number of benzene rings is 2. The number of rotatable bonds is 11. The topological polar surface area (TPSA) is 35.5 Å². The Balaban J connectivity index is 1.80. The van der Waals surface area contributed by atoms with Crippen LogP contribution in [0.3, 0.4) is 0 Å². The molecule has 0 atom stereocenters. The minimum absolute atomic E-state index is 0.213. The molecule has 3 nitrogen and oxygen atoms in total. The molecule has 0 unspecified atom stereocenters. The summed E-state index contributed by atoms with van der Waals surface area (Å²) >= 11 is 0. The summed E-state index contributed by atoms with van der Waals surface area (Å²) in [6.45, 7) is 0.478. The third kappa shape index (κ3) is 7.65. The van der Waals surface area contributed by atoms with Crippen LogP contribution in [0.25, 0.3) is 17.2 Å². The van der Waals surface area contributed by atoms with Gasteiger partial charge in [-0.2, -0.15) is 0 Å². The van der Waals surface area contributed by atoms with Gasteiger partial charge in [-0.25, -0.2) is 4.79 Å². The van der Waals surface area contributed by atoms with E-state index in [0.29, 0.717) is 13.0 Å². The number of hydrogen-bond acceptors (Lipinski definition) is 3. The van der Waals surface area contributed by atoms with Crippen LogP contribution in [-0.4, -0.2) is 26.4 Å². The fourth-order valence-corrected chi connectivity index (χ4v) is 2.68. The number of halogens is 1. The Bertz CT molecular complexity index is 705. The van der Waals surface area contributed by atoms with Gasteiger partial charge in [0, 0.05) is 6.08 Å². The number of methoxy groups -OCH3 is 1. The smallest absolute Gasteiger partial charge is 0.330 e. The molecular weight excluding hydrogens is 343 g/mol. The highest BCUT2D eigenvalue weighted by Crippen LogP contribution is 2.23. The maximum Gasteiger partial charge on any atom is 0.330 e. The molecule has 2 aromatic rings. The van der Waals surface area contributed by atoms with Crippen molar-refractivity contribution in [3.8, 4) is 16.9 Å². The molecule has 0 saturated heterocycles. The minimum Gasteiger partial charge on any atom is -0.494 e. The zero-order valence-electron chi connectivity index (χ0n) is 15.8. The molecule has 0 aromatic heterocycles. The van der Waals surface area contributed by atoms with E-state index in [1.807, 2.05) is 48.5 Å². The first-order valence-electron chi connectivity index (χ1n) is 9.38. The number of carbonyl (C=O) groups is 1. The summed E-state index contributed by atoms with van der Waals surface area (Å²) in [5, 5.41) is 0. The lowest BCUT2D eigenvalue weighted by Gasteiger charge is -2.08. The van der Waals surface area contributed by atoms with Gasteiger partial charge in [0.15, 0.2) is 0 Å². The Morgan fingerprint density at radius 1 is 0.889 bits per heavy atom. The van der Waals surface area contributed by atoms with Gasteiger partial charge in [0.2, 0.25) is 0 Å². The van der Waals surface area contributed by atoms with Crippen LogP contribution in [0.1, 0.15) is 37.7 Å². The van der Waals surface area contributed by atoms with E-state index >= 15 is 0 Å². The summed E-state index contributed by atoms with van der Waals surface area (Å²) in [5.41, 5.74) is 3.15. The summed E-state index contributed by atoms with van der Waals surface area (Å²) in [6.07, 6.45) is 7.90. The Hall–Kier alpha value is -2.62. The first-order valence-corrected chi connectivity index (χ1v) is 9.38. The van der Waals surface area contributed by atoms with E-state index in [-0.39, 0.29) is 12.6 Å². The molecule has 2 rings (SSSR count). The number of ether oxygens (including phenoxy) is 2. The fraction of sp³-hybridized carbons (Fsp3) is 0.348. The maximum absolute atomic E-state index is 12.0. The number of carbonyl (C=O) groups excluding carboxylic acids is 1. The van der Waals surface area contributed by atoms with Crippen molar-refractivity contribution in [3.63, 3.8) is 0 Å². The van der Waals surface area contributed by atoms with Crippen molar-refractivity contribution in [2.45, 2.75) is 32.1 Å². The zero-order valence-corrected chi connectivity index (χ0v) is 15.8. The molecule has 0 aliphatic rings. The van der Waals surface area contributed by atoms with Crippen molar-refractivity contribution in [3.05, 3.63) is 60.2 Å². The Kier molecular flexibility index (Phi) is 9.11. The average molecular weight is 370 g/mol. The van der Waals surface area contributed by atoms with E-state index < -0.39 is 0 Å². The second-order valence-corrected chi connectivity index (χ2v) is 6.31. The highest BCUT2D eigenvalue weighted by Gasteiger charge is 2.00. The summed E-state index contributed by atoms with van der Waals surface area (Å²) in [4.78, 5) is 11.1. The van der Waals surface area contributed by atoms with Crippen molar-refractivity contribution in [1.82, 2.24) is 0 Å². The molecule has 2 aromatic carbocycles. The quantitative estimate of drug-likeness (QED) is 0.283. The minimum atomic E-state index is -0.366. The monoisotopic (exact) mass is 370 g/mol. The molecule has 4 heteroatoms. The van der Waals surface area contributed by atoms with Gasteiger partial charge < -0.3 is 9.47 Å². The molecule has 144 valence electrons. The lowest BCUT2D eigenvalue weighted by atomic mass is 10.0. The molecule has 0 aliphatic heterocycles. The predicted molar refractivity (Wildman–Crippen MR) is 107 cm³/mol. The summed E-state index contributed by atoms with van der Waals surface area (Å²) < 4.78 is 22.3. The molecule has 0 heterocycles. The van der Waals surface area contributed by atoms with Crippen molar-refractivity contribution >= 4 is 12.0 Å². The lowest BCUT2D eigenvalue weighted by Crippen LogP contribution is -1.97. The van der Waals surface area contributed by atoms with E-state index in [0.717, 1.165) is 48.1 Å². The van der Waals surface area contributed by atoms with Crippen molar-refractivity contribution in [2.24, 2.45) is 0 Å². The van der Waals surface area contributed by atoms with Crippen LogP contribution in [0, 0.1) is 0 Å². The van der Waals surface area contributed by atoms with Gasteiger partial charge in [-0.1, -0.05) is 55.7 Å². The zero-order chi connectivity index (χ0) is 19.3. The third-order valence-electron chi connectivity index (χ3n) is 4.26. The lowest BCUT2D eigenvalue weighted by molar-refractivity contribution is -0.134. The summed E-state index contributed by atoms with van der Waals surface area (Å²) in [7, 11) is 1.36. The van der Waals surface area contributed by atoms with E-state index in [1.165, 1.54) is 13.2 Å². The Morgan fingerprint density at radius 2 is 1.48 bits per heavy atom. The van der Waals surface area contributed by atoms with E-state index in [2.05, 4.69) is 4.74 Å². The van der Waals surface area contributed by atoms with Crippen molar-refractivity contribution in [2.75, 3.05) is 20.4 Å². The molecule has 0 radical (unpaired) electrons. The molecule has 27 heavy (non-hydrogen) atoms. The van der Waals surface area contributed by atoms with Gasteiger partial charge in [0.1, 0.15) is 5.75 Å². The van der Waals surface area contributed by atoms with Gasteiger partial charge in [-0.05, 0) is 47.7 Å². The Morgan fingerprint density at radius 3 is 2.11 bits per heavy atom. The number of hydrogen-bond donors (Lipinski definition) is 0. The number of esters is 1. The van der Waals surface area contributed by atoms with Crippen molar-refractivity contribution < 1.29 is 18.7 Å². The first kappa shape index (κ1) is 20.7. The van der Waals surface area contributed by atoms with Crippen LogP contribution in [0.15, 0.2) is 54.6 Å². The molecule has 0 saturated carbocycles. The number of alkyl halides is 1. The second kappa shape index (κ2) is 11.9. The molecule has 0 aliphatic carbocycles. The van der Waals surface area contributed by atoms with E-state index in [9.17, 15) is 9.18 Å². The van der Waals surface area contributed by atoms with Gasteiger partial charge in [-0.15, -0.1) is 0 Å². The van der Waals surface area contributed by atoms with Crippen LogP contribution in [-0.2, 0) is 9.53 Å². The fourth-order valence-electron chi connectivity index (χ4n) is 2.68. The molecule has 0 fully saturated rings. The summed E-state index contributed by atoms with van der Waals surface area (Å²) in [5.74, 6) is 0.495. The second-order valence-electron chi connectivity index (χ2n) is 6.31. The standard InChI is InChI=1S/C23H27FO3/c1-26-23(25)16-9-19-7-10-20(11-8-19)21-12-14-22(15-13-21)27-18-6-4-2-3-5-17-24/h7-16H,2-6,17-18H2,1H3. The Labute approximate surface area is 160 Å². The highest BCUT2D eigenvalue weighted by molar-refractivity contribution is 5.87. The molecule has 0 spiro atoms. The largest absolute Gasteiger partial charge is 0.494 e. The highest BCUT2D eigenvalue weighted by atomic mass is 19.1. The van der Waals surface area contributed by atoms with Gasteiger partial charge in [-0.3, -0.25) is 4.39 Å². The first-order chi connectivity index (χ1) is 13.2. The van der Waals surface area contributed by atoms with Crippen LogP contribution in [0.2, 0.25) is 0 Å². The van der Waals surface area contributed by atoms with Crippen LogP contribution < -0.4 is 4.74 Å². The van der Waals surface area contributed by atoms with Crippen LogP contribution in [0.4, 0.5) is 4.39 Å². The van der Waals surface area contributed by atoms with Crippen LogP contribution in [0.5, 0.6) is 5.75 Å². The summed E-state index contributed by atoms with van der Waals surface area (Å²) in [6, 6.07) is 16.0. The van der Waals surface area contributed by atoms with Gasteiger partial charge >= 0.3 is 5.97 Å². The molecular formula is C23H27FO3. The van der Waals surface area contributed by atoms with E-state index in [4.69, 9.17) is 4.74 Å². The molecule has 0 N–H and O–H groups in total. The van der Waals surface area contributed by atoms with Crippen molar-refractivity contribution in [1.29, 1.82) is 0 Å². The maximum atomic E-state index is 12.0. The van der Waals surface area contributed by atoms with Gasteiger partial charge in [0.05, 0.1) is 20.4 Å². The average Bonchev–Trinajstić information content (AvgIpc) is 2.72. The normalized spacial score (nSPS) is 10.9. The SMILES string of the molecule is COC(=O)C=Cc1ccc(-c2ccc(OCCCCCCCF)cc2)cc1. The van der Waals surface area contributed by atoms with Gasteiger partial charge in [0.25, 0.3) is 0 Å². The third-order valence-corrected chi connectivity index (χ3v) is 4.26. The predicted octanol–water partition coefficient (Wildman–Crippen LogP) is 5.84. The number of unbranched alkanes of at least 4 members (excludes halogenated alkanes) is 4. The molecule has 0 bridgehead atoms.